The van der Waals surface area contributed by atoms with Crippen molar-refractivity contribution in [1.82, 2.24) is 0 Å². The summed E-state index contributed by atoms with van der Waals surface area (Å²) in [5.41, 5.74) is 1.30. The summed E-state index contributed by atoms with van der Waals surface area (Å²) >= 11 is 5.54. The number of hydrogen-bond donors (Lipinski definition) is 2. The van der Waals surface area contributed by atoms with Gasteiger partial charge >= 0.3 is 6.18 Å². The van der Waals surface area contributed by atoms with Crippen LogP contribution in [0.1, 0.15) is 16.7 Å². The van der Waals surface area contributed by atoms with Crippen molar-refractivity contribution < 1.29 is 18.0 Å². The number of alkyl halides is 3. The summed E-state index contributed by atoms with van der Waals surface area (Å²) < 4.78 is 38.7. The van der Waals surface area contributed by atoms with Crippen LogP contribution in [0.4, 0.5) is 24.5 Å². The van der Waals surface area contributed by atoms with Gasteiger partial charge in [0.05, 0.1) is 10.6 Å². The molecule has 2 N–H and O–H groups in total. The number of halogens is 4. The van der Waals surface area contributed by atoms with Crippen LogP contribution in [0.15, 0.2) is 48.2 Å². The van der Waals surface area contributed by atoms with Crippen molar-refractivity contribution in [3.8, 4) is 6.07 Å². The molecule has 0 aromatic heterocycles. The first kappa shape index (κ1) is 20.3. The van der Waals surface area contributed by atoms with Crippen molar-refractivity contribution in [1.29, 1.82) is 5.26 Å². The Labute approximate surface area is 159 Å². The highest BCUT2D eigenvalue weighted by Crippen LogP contribution is 2.36. The molecule has 0 unspecified atom stereocenters. The maximum atomic E-state index is 12.9. The second-order valence-electron chi connectivity index (χ2n) is 5.76. The quantitative estimate of drug-likeness (QED) is 0.537. The molecule has 4 nitrogen and oxygen atoms in total. The molecule has 1 amide bonds. The minimum absolute atomic E-state index is 0.121. The van der Waals surface area contributed by atoms with Crippen molar-refractivity contribution in [2.75, 3.05) is 10.6 Å². The first-order valence-electron chi connectivity index (χ1n) is 7.74. The van der Waals surface area contributed by atoms with E-state index in [1.807, 2.05) is 26.0 Å². The smallest absolute Gasteiger partial charge is 0.360 e. The molecular weight excluding hydrogens is 379 g/mol. The van der Waals surface area contributed by atoms with Gasteiger partial charge in [0, 0.05) is 17.6 Å². The van der Waals surface area contributed by atoms with Gasteiger partial charge in [-0.05, 0) is 55.3 Å². The van der Waals surface area contributed by atoms with Crippen molar-refractivity contribution in [3.05, 3.63) is 69.9 Å². The van der Waals surface area contributed by atoms with Crippen LogP contribution in [-0.4, -0.2) is 5.91 Å². The lowest BCUT2D eigenvalue weighted by molar-refractivity contribution is -0.137. The third kappa shape index (κ3) is 5.25. The van der Waals surface area contributed by atoms with Gasteiger partial charge in [0.2, 0.25) is 0 Å². The molecule has 0 bridgehead atoms. The van der Waals surface area contributed by atoms with Crippen LogP contribution in [0, 0.1) is 25.2 Å². The molecule has 8 heteroatoms. The van der Waals surface area contributed by atoms with E-state index in [0.29, 0.717) is 11.8 Å². The number of amides is 1. The van der Waals surface area contributed by atoms with E-state index in [1.165, 1.54) is 12.3 Å². The minimum Gasteiger partial charge on any atom is -0.360 e. The Bertz CT molecular complexity index is 946. The zero-order valence-corrected chi connectivity index (χ0v) is 15.2. The lowest BCUT2D eigenvalue weighted by Crippen LogP contribution is -2.15. The van der Waals surface area contributed by atoms with Gasteiger partial charge in [-0.3, -0.25) is 4.79 Å². The summed E-state index contributed by atoms with van der Waals surface area (Å²) in [5, 5.41) is 13.8. The number of carbonyl (C=O) groups is 1. The Morgan fingerprint density at radius 2 is 1.78 bits per heavy atom. The van der Waals surface area contributed by atoms with Gasteiger partial charge in [0.25, 0.3) is 5.91 Å². The van der Waals surface area contributed by atoms with Crippen molar-refractivity contribution in [2.24, 2.45) is 0 Å². The first-order valence-corrected chi connectivity index (χ1v) is 8.12. The Hall–Kier alpha value is -2.98. The number of benzene rings is 2. The molecule has 0 saturated carbocycles. The molecule has 0 aliphatic carbocycles. The van der Waals surface area contributed by atoms with Crippen LogP contribution in [-0.2, 0) is 11.0 Å². The number of aryl methyl sites for hydroxylation is 2. The van der Waals surface area contributed by atoms with E-state index in [1.54, 1.807) is 12.1 Å². The fourth-order valence-electron chi connectivity index (χ4n) is 2.15. The number of anilines is 2. The van der Waals surface area contributed by atoms with Crippen LogP contribution < -0.4 is 10.6 Å². The van der Waals surface area contributed by atoms with E-state index < -0.39 is 22.7 Å². The third-order valence-corrected chi connectivity index (χ3v) is 4.11. The average Bonchev–Trinajstić information content (AvgIpc) is 2.59. The van der Waals surface area contributed by atoms with Crippen LogP contribution in [0.5, 0.6) is 0 Å². The van der Waals surface area contributed by atoms with E-state index in [9.17, 15) is 18.0 Å². The maximum Gasteiger partial charge on any atom is 0.417 e. The minimum atomic E-state index is -4.66. The number of rotatable bonds is 4. The van der Waals surface area contributed by atoms with Crippen molar-refractivity contribution >= 4 is 28.9 Å². The Balaban J connectivity index is 2.17. The van der Waals surface area contributed by atoms with E-state index in [4.69, 9.17) is 16.9 Å². The molecule has 27 heavy (non-hydrogen) atoms. The van der Waals surface area contributed by atoms with Gasteiger partial charge in [-0.2, -0.15) is 18.4 Å². The third-order valence-electron chi connectivity index (χ3n) is 3.78. The summed E-state index contributed by atoms with van der Waals surface area (Å²) in [6, 6.07) is 10.2. The van der Waals surface area contributed by atoms with Crippen LogP contribution >= 0.6 is 11.6 Å². The number of nitrogens with one attached hydrogen (secondary N) is 2. The van der Waals surface area contributed by atoms with Gasteiger partial charge in [-0.1, -0.05) is 17.7 Å². The number of hydrogen-bond acceptors (Lipinski definition) is 3. The highest BCUT2D eigenvalue weighted by molar-refractivity contribution is 6.31. The van der Waals surface area contributed by atoms with Gasteiger partial charge in [-0.25, -0.2) is 0 Å². The molecule has 0 heterocycles. The first-order chi connectivity index (χ1) is 12.6. The van der Waals surface area contributed by atoms with Crippen molar-refractivity contribution in [2.45, 2.75) is 20.0 Å². The Kier molecular flexibility index (Phi) is 6.13. The molecule has 0 aliphatic heterocycles. The predicted octanol–water partition coefficient (Wildman–Crippen LogP) is 5.43. The average molecular weight is 394 g/mol. The van der Waals surface area contributed by atoms with E-state index in [0.717, 1.165) is 17.2 Å². The highest BCUT2D eigenvalue weighted by atomic mass is 35.5. The molecule has 0 saturated heterocycles. The van der Waals surface area contributed by atoms with Gasteiger partial charge < -0.3 is 10.6 Å². The largest absolute Gasteiger partial charge is 0.417 e. The highest BCUT2D eigenvalue weighted by Gasteiger charge is 2.33. The SMILES string of the molecule is Cc1ccc(N/C=C(/C#N)C(=O)Nc2ccc(Cl)c(C(F)(F)F)c2)cc1C. The molecule has 0 fully saturated rings. The standard InChI is InChI=1S/C19H15ClF3N3O/c1-11-3-4-14(7-12(11)2)25-10-13(9-24)18(27)26-15-5-6-17(20)16(8-15)19(21,22)23/h3-8,10,25H,1-2H3,(H,26,27)/b13-10-. The fourth-order valence-corrected chi connectivity index (χ4v) is 2.38. The Morgan fingerprint density at radius 1 is 1.11 bits per heavy atom. The molecule has 140 valence electrons. The number of nitriles is 1. The molecule has 2 aromatic rings. The van der Waals surface area contributed by atoms with Gasteiger partial charge in [0.1, 0.15) is 11.6 Å². The molecule has 2 aromatic carbocycles. The van der Waals surface area contributed by atoms with Gasteiger partial charge in [-0.15, -0.1) is 0 Å². The lowest BCUT2D eigenvalue weighted by Gasteiger charge is -2.11. The second-order valence-corrected chi connectivity index (χ2v) is 6.17. The number of nitrogens with zero attached hydrogens (tertiary/aromatic N) is 1. The predicted molar refractivity (Wildman–Crippen MR) is 98.3 cm³/mol. The summed E-state index contributed by atoms with van der Waals surface area (Å²) in [5.74, 6) is -0.843. The summed E-state index contributed by atoms with van der Waals surface area (Å²) in [7, 11) is 0. The van der Waals surface area contributed by atoms with Crippen LogP contribution in [0.2, 0.25) is 5.02 Å². The normalized spacial score (nSPS) is 11.7. The zero-order valence-electron chi connectivity index (χ0n) is 14.4. The molecule has 0 atom stereocenters. The van der Waals surface area contributed by atoms with Crippen LogP contribution in [0.25, 0.3) is 0 Å². The molecule has 0 aliphatic rings. The lowest BCUT2D eigenvalue weighted by atomic mass is 10.1. The summed E-state index contributed by atoms with van der Waals surface area (Å²) in [6.45, 7) is 3.87. The Morgan fingerprint density at radius 3 is 2.37 bits per heavy atom. The van der Waals surface area contributed by atoms with Gasteiger partial charge in [0.15, 0.2) is 0 Å². The van der Waals surface area contributed by atoms with E-state index in [-0.39, 0.29) is 11.3 Å². The maximum absolute atomic E-state index is 12.9. The van der Waals surface area contributed by atoms with Crippen molar-refractivity contribution in [3.63, 3.8) is 0 Å². The van der Waals surface area contributed by atoms with Crippen LogP contribution in [0.3, 0.4) is 0 Å². The molecule has 0 radical (unpaired) electrons. The monoisotopic (exact) mass is 393 g/mol. The molecular formula is C19H15ClF3N3O. The number of carbonyl (C=O) groups excluding carboxylic acids is 1. The topological polar surface area (TPSA) is 64.9 Å². The fraction of sp³-hybridized carbons (Fsp3) is 0.158. The zero-order chi connectivity index (χ0) is 20.2. The molecule has 0 spiro atoms. The summed E-state index contributed by atoms with van der Waals surface area (Å²) in [6.07, 6.45) is -3.46. The summed E-state index contributed by atoms with van der Waals surface area (Å²) in [4.78, 5) is 12.2. The van der Waals surface area contributed by atoms with E-state index >= 15 is 0 Å². The van der Waals surface area contributed by atoms with E-state index in [2.05, 4.69) is 10.6 Å². The second kappa shape index (κ2) is 8.14. The molecule has 2 rings (SSSR count).